The topological polar surface area (TPSA) is 72.7 Å². The number of carbonyl (C=O) groups excluding carboxylic acids is 1. The Morgan fingerprint density at radius 3 is 2.92 bits per heavy atom. The Morgan fingerprint density at radius 2 is 2.20 bits per heavy atom. The van der Waals surface area contributed by atoms with Crippen LogP contribution in [0.2, 0.25) is 0 Å². The van der Waals surface area contributed by atoms with Crippen molar-refractivity contribution in [2.24, 2.45) is 0 Å². The summed E-state index contributed by atoms with van der Waals surface area (Å²) in [5.41, 5.74) is 2.51. The molecule has 25 heavy (non-hydrogen) atoms. The van der Waals surface area contributed by atoms with E-state index in [9.17, 15) is 4.79 Å². The van der Waals surface area contributed by atoms with Crippen LogP contribution in [0, 0.1) is 0 Å². The summed E-state index contributed by atoms with van der Waals surface area (Å²) in [4.78, 5) is 21.0. The summed E-state index contributed by atoms with van der Waals surface area (Å²) in [6, 6.07) is 7.47. The van der Waals surface area contributed by atoms with E-state index in [0.29, 0.717) is 11.5 Å². The molecule has 0 saturated carbocycles. The zero-order chi connectivity index (χ0) is 17.1. The molecule has 4 rings (SSSR count). The monoisotopic (exact) mass is 367 g/mol. The molecular formula is C17H13N5OS2. The Hall–Kier alpha value is -2.84. The van der Waals surface area contributed by atoms with Gasteiger partial charge >= 0.3 is 0 Å². The van der Waals surface area contributed by atoms with Crippen LogP contribution in [0.3, 0.4) is 0 Å². The van der Waals surface area contributed by atoms with Crippen molar-refractivity contribution in [3.63, 3.8) is 0 Å². The van der Waals surface area contributed by atoms with Crippen molar-refractivity contribution in [1.82, 2.24) is 19.7 Å². The molecule has 4 heterocycles. The summed E-state index contributed by atoms with van der Waals surface area (Å²) in [5, 5.41) is 13.9. The van der Waals surface area contributed by atoms with E-state index < -0.39 is 0 Å². The van der Waals surface area contributed by atoms with Gasteiger partial charge in [0, 0.05) is 28.7 Å². The molecule has 0 unspecified atom stereocenters. The molecule has 4 aromatic heterocycles. The first-order valence-electron chi connectivity index (χ1n) is 7.51. The van der Waals surface area contributed by atoms with E-state index in [1.54, 1.807) is 51.9 Å². The van der Waals surface area contributed by atoms with Crippen molar-refractivity contribution in [2.75, 3.05) is 5.32 Å². The van der Waals surface area contributed by atoms with Gasteiger partial charge in [-0.25, -0.2) is 14.6 Å². The number of pyridine rings is 1. The summed E-state index contributed by atoms with van der Waals surface area (Å²) in [7, 11) is 0. The van der Waals surface area contributed by atoms with Gasteiger partial charge in [0.15, 0.2) is 5.82 Å². The summed E-state index contributed by atoms with van der Waals surface area (Å²) in [5.74, 6) is 0.582. The molecule has 0 aliphatic carbocycles. The smallest absolute Gasteiger partial charge is 0.230 e. The van der Waals surface area contributed by atoms with Crippen molar-refractivity contribution in [2.45, 2.75) is 6.42 Å². The zero-order valence-corrected chi connectivity index (χ0v) is 14.6. The van der Waals surface area contributed by atoms with E-state index in [2.05, 4.69) is 25.8 Å². The standard InChI is InChI=1S/C17H13N5OS2/c23-16(8-14-11-25-17(21-14)12-4-7-24-10-12)20-13-2-3-15(18-9-13)22-6-1-5-19-22/h1-7,9-11H,8H2,(H,20,23). The number of amides is 1. The lowest BCUT2D eigenvalue weighted by molar-refractivity contribution is -0.115. The number of hydrogen-bond acceptors (Lipinski definition) is 6. The molecule has 0 aliphatic heterocycles. The summed E-state index contributed by atoms with van der Waals surface area (Å²) in [6.07, 6.45) is 5.36. The van der Waals surface area contributed by atoms with E-state index in [0.717, 1.165) is 16.3 Å². The summed E-state index contributed by atoms with van der Waals surface area (Å²) >= 11 is 3.18. The van der Waals surface area contributed by atoms with Crippen molar-refractivity contribution in [3.05, 3.63) is 64.7 Å². The minimum absolute atomic E-state index is 0.115. The molecule has 6 nitrogen and oxygen atoms in total. The molecular weight excluding hydrogens is 354 g/mol. The second-order valence-corrected chi connectivity index (χ2v) is 6.87. The fourth-order valence-corrected chi connectivity index (χ4v) is 3.81. The molecule has 8 heteroatoms. The number of thiophene rings is 1. The number of hydrogen-bond donors (Lipinski definition) is 1. The highest BCUT2D eigenvalue weighted by Gasteiger charge is 2.10. The predicted octanol–water partition coefficient (Wildman–Crippen LogP) is 3.63. The second kappa shape index (κ2) is 6.96. The van der Waals surface area contributed by atoms with Crippen LogP contribution in [0.5, 0.6) is 0 Å². The Morgan fingerprint density at radius 1 is 1.24 bits per heavy atom. The first-order chi connectivity index (χ1) is 12.3. The van der Waals surface area contributed by atoms with Crippen LogP contribution in [0.1, 0.15) is 5.69 Å². The van der Waals surface area contributed by atoms with Crippen LogP contribution in [0.25, 0.3) is 16.4 Å². The van der Waals surface area contributed by atoms with Crippen LogP contribution in [0.4, 0.5) is 5.69 Å². The molecule has 0 spiro atoms. The van der Waals surface area contributed by atoms with Crippen molar-refractivity contribution in [3.8, 4) is 16.4 Å². The lowest BCUT2D eigenvalue weighted by Gasteiger charge is -2.05. The maximum atomic E-state index is 12.2. The van der Waals surface area contributed by atoms with Gasteiger partial charge in [0.25, 0.3) is 0 Å². The first kappa shape index (κ1) is 15.7. The van der Waals surface area contributed by atoms with Crippen LogP contribution < -0.4 is 5.32 Å². The number of carbonyl (C=O) groups is 1. The molecule has 0 atom stereocenters. The van der Waals surface area contributed by atoms with Crippen molar-refractivity contribution >= 4 is 34.3 Å². The minimum Gasteiger partial charge on any atom is -0.324 e. The predicted molar refractivity (Wildman–Crippen MR) is 99.1 cm³/mol. The van der Waals surface area contributed by atoms with Gasteiger partial charge in [-0.2, -0.15) is 16.4 Å². The Labute approximate surface area is 151 Å². The van der Waals surface area contributed by atoms with E-state index in [1.165, 1.54) is 0 Å². The number of nitrogens with one attached hydrogen (secondary N) is 1. The SMILES string of the molecule is O=C(Cc1csc(-c2ccsc2)n1)Nc1ccc(-n2cccn2)nc1. The average Bonchev–Trinajstić information content (AvgIpc) is 3.37. The normalized spacial score (nSPS) is 10.7. The van der Waals surface area contributed by atoms with Gasteiger partial charge in [-0.15, -0.1) is 11.3 Å². The zero-order valence-electron chi connectivity index (χ0n) is 13.0. The van der Waals surface area contributed by atoms with Gasteiger partial charge in [0.1, 0.15) is 5.01 Å². The van der Waals surface area contributed by atoms with Gasteiger partial charge in [-0.05, 0) is 29.6 Å². The van der Waals surface area contributed by atoms with Gasteiger partial charge < -0.3 is 5.32 Å². The number of nitrogens with zero attached hydrogens (tertiary/aromatic N) is 4. The molecule has 124 valence electrons. The van der Waals surface area contributed by atoms with Crippen molar-refractivity contribution < 1.29 is 4.79 Å². The Bertz CT molecular complexity index is 959. The number of aromatic nitrogens is 4. The number of rotatable bonds is 5. The average molecular weight is 367 g/mol. The molecule has 0 aromatic carbocycles. The van der Waals surface area contributed by atoms with E-state index in [-0.39, 0.29) is 12.3 Å². The number of thiazole rings is 1. The molecule has 4 aromatic rings. The molecule has 0 radical (unpaired) electrons. The van der Waals surface area contributed by atoms with Gasteiger partial charge in [0.2, 0.25) is 5.91 Å². The highest BCUT2D eigenvalue weighted by Crippen LogP contribution is 2.25. The van der Waals surface area contributed by atoms with E-state index in [4.69, 9.17) is 0 Å². The second-order valence-electron chi connectivity index (χ2n) is 5.24. The van der Waals surface area contributed by atoms with Gasteiger partial charge in [-0.1, -0.05) is 0 Å². The maximum Gasteiger partial charge on any atom is 0.230 e. The largest absolute Gasteiger partial charge is 0.324 e. The van der Waals surface area contributed by atoms with Crippen LogP contribution in [-0.2, 0) is 11.2 Å². The van der Waals surface area contributed by atoms with Gasteiger partial charge in [0.05, 0.1) is 24.0 Å². The van der Waals surface area contributed by atoms with Crippen LogP contribution >= 0.6 is 22.7 Å². The molecule has 0 saturated heterocycles. The van der Waals surface area contributed by atoms with Gasteiger partial charge in [-0.3, -0.25) is 4.79 Å². The highest BCUT2D eigenvalue weighted by molar-refractivity contribution is 7.14. The lowest BCUT2D eigenvalue weighted by Crippen LogP contribution is -2.15. The summed E-state index contributed by atoms with van der Waals surface area (Å²) in [6.45, 7) is 0. The first-order valence-corrected chi connectivity index (χ1v) is 9.33. The molecule has 1 amide bonds. The minimum atomic E-state index is -0.115. The van der Waals surface area contributed by atoms with E-state index >= 15 is 0 Å². The summed E-state index contributed by atoms with van der Waals surface area (Å²) < 4.78 is 1.66. The lowest BCUT2D eigenvalue weighted by atomic mass is 10.3. The van der Waals surface area contributed by atoms with Crippen LogP contribution in [0.15, 0.2) is 59.0 Å². The van der Waals surface area contributed by atoms with Crippen LogP contribution in [-0.4, -0.2) is 25.7 Å². The fourth-order valence-electron chi connectivity index (χ4n) is 2.28. The molecule has 0 bridgehead atoms. The highest BCUT2D eigenvalue weighted by atomic mass is 32.1. The molecule has 1 N–H and O–H groups in total. The number of anilines is 1. The molecule has 0 aliphatic rings. The maximum absolute atomic E-state index is 12.2. The van der Waals surface area contributed by atoms with Crippen molar-refractivity contribution in [1.29, 1.82) is 0 Å². The third-order valence-electron chi connectivity index (χ3n) is 3.43. The quantitative estimate of drug-likeness (QED) is 0.585. The third kappa shape index (κ3) is 3.65. The Kier molecular flexibility index (Phi) is 4.36. The fraction of sp³-hybridized carbons (Fsp3) is 0.0588. The Balaban J connectivity index is 1.39. The van der Waals surface area contributed by atoms with E-state index in [1.807, 2.05) is 29.1 Å². The third-order valence-corrected chi connectivity index (χ3v) is 5.06. The molecule has 0 fully saturated rings.